The van der Waals surface area contributed by atoms with Crippen LogP contribution in [-0.4, -0.2) is 24.6 Å². The number of rotatable bonds is 5. The molecule has 0 saturated carbocycles. The molecule has 78 valence electrons. The van der Waals surface area contributed by atoms with Gasteiger partial charge in [0, 0.05) is 17.6 Å². The molecule has 1 atom stereocenters. The van der Waals surface area contributed by atoms with Gasteiger partial charge in [0.15, 0.2) is 0 Å². The van der Waals surface area contributed by atoms with Crippen molar-refractivity contribution in [2.24, 2.45) is 5.92 Å². The van der Waals surface area contributed by atoms with Gasteiger partial charge in [0.25, 0.3) is 0 Å². The maximum atomic E-state index is 4.05. The van der Waals surface area contributed by atoms with Crippen LogP contribution in [0, 0.1) is 5.92 Å². The molecule has 14 heavy (non-hydrogen) atoms. The Morgan fingerprint density at radius 1 is 1.64 bits per heavy atom. The summed E-state index contributed by atoms with van der Waals surface area (Å²) in [5, 5.41) is 6.85. The van der Waals surface area contributed by atoms with Crippen LogP contribution < -0.4 is 10.6 Å². The van der Waals surface area contributed by atoms with E-state index in [0.717, 1.165) is 19.0 Å². The molecular weight excluding hydrogens is 194 g/mol. The molecule has 1 aliphatic heterocycles. The lowest BCUT2D eigenvalue weighted by molar-refractivity contribution is 0.501. The fourth-order valence-corrected chi connectivity index (χ4v) is 2.37. The van der Waals surface area contributed by atoms with Crippen molar-refractivity contribution in [3.63, 3.8) is 0 Å². The van der Waals surface area contributed by atoms with E-state index in [0.29, 0.717) is 0 Å². The Morgan fingerprint density at radius 3 is 3.36 bits per heavy atom. The fourth-order valence-electron chi connectivity index (χ4n) is 1.81. The Kier molecular flexibility index (Phi) is 3.91. The molecule has 0 amide bonds. The van der Waals surface area contributed by atoms with Crippen LogP contribution in [0.5, 0.6) is 0 Å². The van der Waals surface area contributed by atoms with Gasteiger partial charge in [-0.3, -0.25) is 4.98 Å². The van der Waals surface area contributed by atoms with Crippen molar-refractivity contribution in [2.75, 3.05) is 19.6 Å². The van der Waals surface area contributed by atoms with Gasteiger partial charge >= 0.3 is 0 Å². The van der Waals surface area contributed by atoms with Crippen molar-refractivity contribution < 1.29 is 0 Å². The van der Waals surface area contributed by atoms with Crippen LogP contribution in [0.15, 0.2) is 11.7 Å². The molecule has 1 aliphatic rings. The van der Waals surface area contributed by atoms with Crippen molar-refractivity contribution in [3.05, 3.63) is 16.6 Å². The van der Waals surface area contributed by atoms with E-state index in [1.165, 1.54) is 30.8 Å². The zero-order valence-electron chi connectivity index (χ0n) is 8.33. The van der Waals surface area contributed by atoms with Crippen molar-refractivity contribution in [1.82, 2.24) is 15.6 Å². The third-order valence-electron chi connectivity index (χ3n) is 2.67. The minimum atomic E-state index is 0.893. The Labute approximate surface area is 88.9 Å². The molecule has 1 aromatic heterocycles. The molecule has 2 heterocycles. The molecule has 1 fully saturated rings. The summed E-state index contributed by atoms with van der Waals surface area (Å²) in [4.78, 5) is 5.38. The van der Waals surface area contributed by atoms with E-state index in [2.05, 4.69) is 15.6 Å². The summed E-state index contributed by atoms with van der Waals surface area (Å²) >= 11 is 1.72. The first kappa shape index (κ1) is 10.1. The Balaban J connectivity index is 1.55. The lowest BCUT2D eigenvalue weighted by Gasteiger charge is -2.07. The fraction of sp³-hybridized carbons (Fsp3) is 0.700. The van der Waals surface area contributed by atoms with Crippen molar-refractivity contribution >= 4 is 11.3 Å². The number of hydrogen-bond acceptors (Lipinski definition) is 4. The summed E-state index contributed by atoms with van der Waals surface area (Å²) in [5.41, 5.74) is 1.89. The van der Waals surface area contributed by atoms with Crippen LogP contribution in [0.1, 0.15) is 17.7 Å². The molecule has 2 rings (SSSR count). The van der Waals surface area contributed by atoms with Crippen LogP contribution >= 0.6 is 11.3 Å². The predicted octanol–water partition coefficient (Wildman–Crippen LogP) is 1.23. The topological polar surface area (TPSA) is 37.0 Å². The zero-order valence-corrected chi connectivity index (χ0v) is 9.15. The third-order valence-corrected chi connectivity index (χ3v) is 3.45. The van der Waals surface area contributed by atoms with Crippen molar-refractivity contribution in [2.45, 2.75) is 19.4 Å². The largest absolute Gasteiger partial charge is 0.316 e. The average molecular weight is 211 g/mol. The molecule has 0 aliphatic carbocycles. The van der Waals surface area contributed by atoms with E-state index in [1.54, 1.807) is 11.3 Å². The van der Waals surface area contributed by atoms with Crippen LogP contribution in [0.4, 0.5) is 0 Å². The molecule has 3 nitrogen and oxygen atoms in total. The van der Waals surface area contributed by atoms with Crippen LogP contribution in [0.2, 0.25) is 0 Å². The number of nitrogens with zero attached hydrogens (tertiary/aromatic N) is 1. The lowest BCUT2D eigenvalue weighted by atomic mass is 10.1. The highest BCUT2D eigenvalue weighted by Crippen LogP contribution is 2.11. The molecular formula is C10H17N3S. The summed E-state index contributed by atoms with van der Waals surface area (Å²) in [6.07, 6.45) is 4.59. The first-order valence-corrected chi connectivity index (χ1v) is 6.12. The van der Waals surface area contributed by atoms with Crippen LogP contribution in [0.25, 0.3) is 0 Å². The van der Waals surface area contributed by atoms with Gasteiger partial charge in [-0.05, 0) is 38.4 Å². The summed E-state index contributed by atoms with van der Waals surface area (Å²) in [5.74, 6) is 0.893. The molecule has 0 spiro atoms. The molecule has 1 unspecified atom stereocenters. The minimum absolute atomic E-state index is 0.893. The third kappa shape index (κ3) is 3.04. The second-order valence-corrected chi connectivity index (χ2v) is 4.76. The molecule has 1 aromatic rings. The second kappa shape index (κ2) is 5.44. The van der Waals surface area contributed by atoms with Gasteiger partial charge in [-0.1, -0.05) is 0 Å². The lowest BCUT2D eigenvalue weighted by Crippen LogP contribution is -2.18. The molecule has 0 bridgehead atoms. The molecule has 0 radical (unpaired) electrons. The standard InChI is InChI=1S/C10H17N3S/c1-3-11-5-9(1)2-4-12-6-10-7-13-8-14-10/h7-9,11-12H,1-6H2. The van der Waals surface area contributed by atoms with Gasteiger partial charge in [-0.2, -0.15) is 0 Å². The highest BCUT2D eigenvalue weighted by molar-refractivity contribution is 7.09. The molecule has 2 N–H and O–H groups in total. The van der Waals surface area contributed by atoms with Gasteiger partial charge in [-0.15, -0.1) is 11.3 Å². The molecule has 4 heteroatoms. The van der Waals surface area contributed by atoms with E-state index >= 15 is 0 Å². The highest BCUT2D eigenvalue weighted by atomic mass is 32.1. The zero-order chi connectivity index (χ0) is 9.64. The van der Waals surface area contributed by atoms with Crippen LogP contribution in [0.3, 0.4) is 0 Å². The maximum Gasteiger partial charge on any atom is 0.0794 e. The Hall–Kier alpha value is -0.450. The average Bonchev–Trinajstić information content (AvgIpc) is 2.86. The van der Waals surface area contributed by atoms with E-state index in [1.807, 2.05) is 11.7 Å². The Bertz CT molecular complexity index is 242. The second-order valence-electron chi connectivity index (χ2n) is 3.79. The molecule has 1 saturated heterocycles. The van der Waals surface area contributed by atoms with Gasteiger partial charge in [0.05, 0.1) is 5.51 Å². The number of thiazole rings is 1. The van der Waals surface area contributed by atoms with Gasteiger partial charge in [0.2, 0.25) is 0 Å². The predicted molar refractivity (Wildman–Crippen MR) is 59.4 cm³/mol. The smallest absolute Gasteiger partial charge is 0.0794 e. The summed E-state index contributed by atoms with van der Waals surface area (Å²) in [6.45, 7) is 4.52. The van der Waals surface area contributed by atoms with Gasteiger partial charge < -0.3 is 10.6 Å². The number of nitrogens with one attached hydrogen (secondary N) is 2. The summed E-state index contributed by atoms with van der Waals surface area (Å²) < 4.78 is 0. The first-order valence-electron chi connectivity index (χ1n) is 5.24. The van der Waals surface area contributed by atoms with E-state index in [-0.39, 0.29) is 0 Å². The summed E-state index contributed by atoms with van der Waals surface area (Å²) in [6, 6.07) is 0. The van der Waals surface area contributed by atoms with E-state index < -0.39 is 0 Å². The van der Waals surface area contributed by atoms with Crippen LogP contribution in [-0.2, 0) is 6.54 Å². The SMILES string of the molecule is c1ncc(CNCCC2CCNC2)s1. The van der Waals surface area contributed by atoms with Gasteiger partial charge in [0.1, 0.15) is 0 Å². The first-order chi connectivity index (χ1) is 6.95. The Morgan fingerprint density at radius 2 is 2.64 bits per heavy atom. The quantitative estimate of drug-likeness (QED) is 0.719. The molecule has 0 aromatic carbocycles. The summed E-state index contributed by atoms with van der Waals surface area (Å²) in [7, 11) is 0. The monoisotopic (exact) mass is 211 g/mol. The number of aromatic nitrogens is 1. The van der Waals surface area contributed by atoms with Crippen molar-refractivity contribution in [1.29, 1.82) is 0 Å². The minimum Gasteiger partial charge on any atom is -0.316 e. The van der Waals surface area contributed by atoms with E-state index in [4.69, 9.17) is 0 Å². The van der Waals surface area contributed by atoms with E-state index in [9.17, 15) is 0 Å². The highest BCUT2D eigenvalue weighted by Gasteiger charge is 2.13. The number of hydrogen-bond donors (Lipinski definition) is 2. The van der Waals surface area contributed by atoms with Crippen molar-refractivity contribution in [3.8, 4) is 0 Å². The normalized spacial score (nSPS) is 21.6. The maximum absolute atomic E-state index is 4.05. The van der Waals surface area contributed by atoms with Gasteiger partial charge in [-0.25, -0.2) is 0 Å².